The van der Waals surface area contributed by atoms with Gasteiger partial charge in [0.15, 0.2) is 12.2 Å². The van der Waals surface area contributed by atoms with Gasteiger partial charge in [0.25, 0.3) is 0 Å². The number of carbonyl (C=O) groups is 4. The van der Waals surface area contributed by atoms with Crippen LogP contribution in [0.2, 0.25) is 0 Å². The smallest absolute Gasteiger partial charge is 0.462 e. The maximum absolute atomic E-state index is 13.1. The molecule has 17 nitrogen and oxygen atoms in total. The van der Waals surface area contributed by atoms with Crippen LogP contribution in [0.1, 0.15) is 388 Å². The number of aliphatic hydroxyl groups excluding tert-OH is 1. The fourth-order valence-electron chi connectivity index (χ4n) is 11.4. The van der Waals surface area contributed by atoms with E-state index in [1.54, 1.807) is 0 Å². The van der Waals surface area contributed by atoms with Gasteiger partial charge in [-0.15, -0.1) is 0 Å². The molecule has 0 radical (unpaired) electrons. The van der Waals surface area contributed by atoms with Crippen molar-refractivity contribution in [2.24, 2.45) is 5.92 Å². The van der Waals surface area contributed by atoms with E-state index in [4.69, 9.17) is 37.0 Å². The molecule has 0 aromatic heterocycles. The molecular formula is C74H144O17P2. The van der Waals surface area contributed by atoms with Gasteiger partial charge in [-0.2, -0.15) is 0 Å². The number of phosphoric ester groups is 2. The molecule has 0 fully saturated rings. The van der Waals surface area contributed by atoms with E-state index in [1.807, 2.05) is 0 Å². The SMILES string of the molecule is CCCCCCCCCCCCCCCC(=O)OC[C@H](COP(=O)(O)OC[C@@H](O)COP(=O)(O)OC[C@@H](COC(=O)CCCCCCCCCC)OC(=O)CCCCCCCCCCCCCCC)OC(=O)CCCCCCCCCCCCCCCCCCC(C)C. The van der Waals surface area contributed by atoms with Gasteiger partial charge in [-0.1, -0.05) is 336 Å². The average Bonchev–Trinajstić information content (AvgIpc) is 3.33. The lowest BCUT2D eigenvalue weighted by Crippen LogP contribution is -2.30. The van der Waals surface area contributed by atoms with Gasteiger partial charge < -0.3 is 33.8 Å². The van der Waals surface area contributed by atoms with Crippen LogP contribution >= 0.6 is 15.6 Å². The molecule has 0 spiro atoms. The summed E-state index contributed by atoms with van der Waals surface area (Å²) in [6.45, 7) is 7.29. The third kappa shape index (κ3) is 68.4. The number of phosphoric acid groups is 2. The van der Waals surface area contributed by atoms with Gasteiger partial charge in [0.1, 0.15) is 19.3 Å². The summed E-state index contributed by atoms with van der Waals surface area (Å²) in [7, 11) is -9.90. The molecule has 0 aromatic carbocycles. The number of aliphatic hydroxyl groups is 1. The molecule has 0 amide bonds. The van der Waals surface area contributed by atoms with Crippen molar-refractivity contribution in [3.8, 4) is 0 Å². The molecule has 2 unspecified atom stereocenters. The first-order chi connectivity index (χ1) is 45.0. The normalized spacial score (nSPS) is 14.0. The number of carbonyl (C=O) groups excluding carboxylic acids is 4. The summed E-state index contributed by atoms with van der Waals surface area (Å²) in [6, 6.07) is 0. The Kier molecular flexibility index (Phi) is 65.9. The van der Waals surface area contributed by atoms with Crippen LogP contribution in [-0.2, 0) is 65.4 Å². The zero-order valence-corrected chi connectivity index (χ0v) is 62.2. The highest BCUT2D eigenvalue weighted by molar-refractivity contribution is 7.47. The highest BCUT2D eigenvalue weighted by Gasteiger charge is 2.30. The van der Waals surface area contributed by atoms with E-state index in [0.717, 1.165) is 102 Å². The molecule has 0 heterocycles. The summed E-state index contributed by atoms with van der Waals surface area (Å²) in [5.41, 5.74) is 0. The van der Waals surface area contributed by atoms with Crippen LogP contribution < -0.4 is 0 Å². The molecule has 552 valence electrons. The Labute approximate surface area is 568 Å². The fraction of sp³-hybridized carbons (Fsp3) is 0.946. The van der Waals surface area contributed by atoms with Gasteiger partial charge >= 0.3 is 39.5 Å². The van der Waals surface area contributed by atoms with Crippen molar-refractivity contribution in [2.75, 3.05) is 39.6 Å². The van der Waals surface area contributed by atoms with E-state index in [9.17, 15) is 43.2 Å². The summed E-state index contributed by atoms with van der Waals surface area (Å²) in [5, 5.41) is 10.6. The molecular weight excluding hydrogens is 1220 g/mol. The molecule has 5 atom stereocenters. The third-order valence-electron chi connectivity index (χ3n) is 17.3. The summed E-state index contributed by atoms with van der Waals surface area (Å²) >= 11 is 0. The number of hydrogen-bond acceptors (Lipinski definition) is 15. The molecule has 19 heteroatoms. The van der Waals surface area contributed by atoms with E-state index < -0.39 is 97.5 Å². The Hall–Kier alpha value is -1.94. The molecule has 93 heavy (non-hydrogen) atoms. The maximum atomic E-state index is 13.1. The summed E-state index contributed by atoms with van der Waals surface area (Å²) < 4.78 is 68.4. The summed E-state index contributed by atoms with van der Waals surface area (Å²) in [4.78, 5) is 72.6. The van der Waals surface area contributed by atoms with Crippen molar-refractivity contribution in [3.63, 3.8) is 0 Å². The van der Waals surface area contributed by atoms with E-state index in [2.05, 4.69) is 34.6 Å². The lowest BCUT2D eigenvalue weighted by Gasteiger charge is -2.21. The molecule has 0 rings (SSSR count). The van der Waals surface area contributed by atoms with Crippen molar-refractivity contribution in [3.05, 3.63) is 0 Å². The van der Waals surface area contributed by atoms with Crippen LogP contribution in [0.25, 0.3) is 0 Å². The molecule has 0 bridgehead atoms. The second-order valence-corrected chi connectivity index (χ2v) is 30.1. The van der Waals surface area contributed by atoms with Gasteiger partial charge in [-0.3, -0.25) is 37.3 Å². The first-order valence-corrected chi connectivity index (χ1v) is 41.6. The van der Waals surface area contributed by atoms with Crippen LogP contribution in [0, 0.1) is 5.92 Å². The average molecular weight is 1370 g/mol. The molecule has 0 aliphatic rings. The van der Waals surface area contributed by atoms with Gasteiger partial charge in [0, 0.05) is 25.7 Å². The van der Waals surface area contributed by atoms with Crippen molar-refractivity contribution in [1.82, 2.24) is 0 Å². The third-order valence-corrected chi connectivity index (χ3v) is 19.2. The Morgan fingerprint density at radius 2 is 0.495 bits per heavy atom. The minimum atomic E-state index is -4.95. The summed E-state index contributed by atoms with van der Waals surface area (Å²) in [5.74, 6) is -1.31. The molecule has 0 saturated carbocycles. The van der Waals surface area contributed by atoms with Gasteiger partial charge in [0.05, 0.1) is 26.4 Å². The number of rotatable bonds is 74. The first-order valence-electron chi connectivity index (χ1n) is 38.6. The zero-order chi connectivity index (χ0) is 68.4. The van der Waals surface area contributed by atoms with E-state index in [-0.39, 0.29) is 25.7 Å². The quantitative estimate of drug-likeness (QED) is 0.0222. The predicted molar refractivity (Wildman–Crippen MR) is 377 cm³/mol. The monoisotopic (exact) mass is 1370 g/mol. The minimum Gasteiger partial charge on any atom is -0.462 e. The van der Waals surface area contributed by atoms with Crippen molar-refractivity contribution >= 4 is 39.5 Å². The second-order valence-electron chi connectivity index (χ2n) is 27.2. The topological polar surface area (TPSA) is 237 Å². The van der Waals surface area contributed by atoms with Crippen molar-refractivity contribution in [2.45, 2.75) is 406 Å². The lowest BCUT2D eigenvalue weighted by molar-refractivity contribution is -0.161. The lowest BCUT2D eigenvalue weighted by atomic mass is 10.0. The van der Waals surface area contributed by atoms with Crippen molar-refractivity contribution < 1.29 is 80.2 Å². The molecule has 0 aromatic rings. The minimum absolute atomic E-state index is 0.108. The highest BCUT2D eigenvalue weighted by atomic mass is 31.2. The fourth-order valence-corrected chi connectivity index (χ4v) is 12.9. The maximum Gasteiger partial charge on any atom is 0.472 e. The van der Waals surface area contributed by atoms with Crippen LogP contribution in [-0.4, -0.2) is 96.7 Å². The van der Waals surface area contributed by atoms with Gasteiger partial charge in [-0.05, 0) is 31.6 Å². The van der Waals surface area contributed by atoms with Crippen LogP contribution in [0.4, 0.5) is 0 Å². The van der Waals surface area contributed by atoms with Crippen LogP contribution in [0.5, 0.6) is 0 Å². The Morgan fingerprint density at radius 3 is 0.731 bits per heavy atom. The molecule has 0 aliphatic heterocycles. The van der Waals surface area contributed by atoms with E-state index >= 15 is 0 Å². The van der Waals surface area contributed by atoms with Gasteiger partial charge in [-0.25, -0.2) is 9.13 Å². The predicted octanol–water partition coefficient (Wildman–Crippen LogP) is 21.7. The number of hydrogen-bond donors (Lipinski definition) is 3. The highest BCUT2D eigenvalue weighted by Crippen LogP contribution is 2.45. The molecule has 0 saturated heterocycles. The van der Waals surface area contributed by atoms with Crippen LogP contribution in [0.3, 0.4) is 0 Å². The number of esters is 4. The van der Waals surface area contributed by atoms with E-state index in [1.165, 1.54) is 205 Å². The van der Waals surface area contributed by atoms with E-state index in [0.29, 0.717) is 25.7 Å². The Balaban J connectivity index is 5.20. The first kappa shape index (κ1) is 91.1. The number of unbranched alkanes of at least 4 members (excludes halogenated alkanes) is 46. The largest absolute Gasteiger partial charge is 0.472 e. The van der Waals surface area contributed by atoms with Crippen LogP contribution in [0.15, 0.2) is 0 Å². The number of ether oxygens (including phenoxy) is 4. The van der Waals surface area contributed by atoms with Gasteiger partial charge in [0.2, 0.25) is 0 Å². The molecule has 3 N–H and O–H groups in total. The van der Waals surface area contributed by atoms with Crippen molar-refractivity contribution in [1.29, 1.82) is 0 Å². The zero-order valence-electron chi connectivity index (χ0n) is 60.4. The summed E-state index contributed by atoms with van der Waals surface area (Å²) in [6.07, 6.45) is 55.4. The second kappa shape index (κ2) is 67.3. The Bertz CT molecular complexity index is 1790. The Morgan fingerprint density at radius 1 is 0.290 bits per heavy atom. The molecule has 0 aliphatic carbocycles. The standard InChI is InChI=1S/C74H144O17P2/c1-6-9-12-15-18-21-23-29-34-38-43-48-53-58-72(77)85-64-70(91-74(79)60-55-50-45-40-36-32-28-26-25-27-31-33-37-41-46-51-56-67(4)5)66-89-93(82,83)87-62-68(75)61-86-92(80,81)88-65-69(63-84-71(76)57-52-47-42-20-17-14-11-8-3)90-73(78)59-54-49-44-39-35-30-24-22-19-16-13-10-7-2/h67-70,75H,6-66H2,1-5H3,(H,80,81)(H,82,83)/t68-,69+,70+/m0/s1.